The molecule has 7 nitrogen and oxygen atoms in total. The number of hydrogen-bond donors (Lipinski definition) is 1. The average molecular weight is 421 g/mol. The van der Waals surface area contributed by atoms with E-state index in [-0.39, 0.29) is 30.5 Å². The Kier molecular flexibility index (Phi) is 6.62. The molecule has 1 aliphatic rings. The number of carbonyl (C=O) groups excluding carboxylic acids is 1. The molecule has 1 fully saturated rings. The van der Waals surface area contributed by atoms with Crippen LogP contribution < -0.4 is 15.6 Å². The van der Waals surface area contributed by atoms with Gasteiger partial charge >= 0.3 is 0 Å². The summed E-state index contributed by atoms with van der Waals surface area (Å²) in [4.78, 5) is 29.2. The number of para-hydroxylation sites is 1. The molecule has 1 N–H and O–H groups in total. The Morgan fingerprint density at radius 3 is 2.87 bits per heavy atom. The highest BCUT2D eigenvalue weighted by molar-refractivity contribution is 5.80. The molecule has 0 saturated carbocycles. The van der Waals surface area contributed by atoms with Crippen molar-refractivity contribution in [3.8, 4) is 5.75 Å². The van der Waals surface area contributed by atoms with Crippen LogP contribution in [0.3, 0.4) is 0 Å². The van der Waals surface area contributed by atoms with Crippen LogP contribution in [0, 0.1) is 6.92 Å². The van der Waals surface area contributed by atoms with Crippen LogP contribution in [-0.2, 0) is 22.6 Å². The number of rotatable bonds is 8. The number of ether oxygens (including phenoxy) is 2. The number of aryl methyl sites for hydroxylation is 2. The van der Waals surface area contributed by atoms with Crippen molar-refractivity contribution >= 4 is 16.8 Å². The summed E-state index contributed by atoms with van der Waals surface area (Å²) in [6, 6.07) is 13.2. The van der Waals surface area contributed by atoms with Gasteiger partial charge in [0.25, 0.3) is 5.56 Å². The molecule has 162 valence electrons. The van der Waals surface area contributed by atoms with E-state index in [0.717, 1.165) is 36.3 Å². The lowest BCUT2D eigenvalue weighted by molar-refractivity contribution is -0.121. The fourth-order valence-corrected chi connectivity index (χ4v) is 3.68. The Labute approximate surface area is 181 Å². The Morgan fingerprint density at radius 1 is 1.26 bits per heavy atom. The third-order valence-electron chi connectivity index (χ3n) is 5.51. The summed E-state index contributed by atoms with van der Waals surface area (Å²) in [5, 5.41) is 3.47. The molecule has 7 heteroatoms. The number of carbonyl (C=O) groups is 1. The van der Waals surface area contributed by atoms with E-state index < -0.39 is 0 Å². The molecule has 0 radical (unpaired) electrons. The second-order valence-corrected chi connectivity index (χ2v) is 7.83. The van der Waals surface area contributed by atoms with Gasteiger partial charge in [-0.05, 0) is 49.1 Å². The second kappa shape index (κ2) is 9.75. The summed E-state index contributed by atoms with van der Waals surface area (Å²) < 4.78 is 12.8. The molecule has 31 heavy (non-hydrogen) atoms. The van der Waals surface area contributed by atoms with Crippen LogP contribution >= 0.6 is 0 Å². The van der Waals surface area contributed by atoms with Gasteiger partial charge in [-0.25, -0.2) is 4.98 Å². The van der Waals surface area contributed by atoms with Crippen molar-refractivity contribution in [2.24, 2.45) is 0 Å². The molecule has 1 amide bonds. The van der Waals surface area contributed by atoms with Crippen molar-refractivity contribution in [2.75, 3.05) is 13.2 Å². The van der Waals surface area contributed by atoms with Gasteiger partial charge < -0.3 is 14.8 Å². The molecule has 1 aliphatic heterocycles. The van der Waals surface area contributed by atoms with Gasteiger partial charge in [0.1, 0.15) is 12.4 Å². The maximum Gasteiger partial charge on any atom is 0.261 e. The topological polar surface area (TPSA) is 82.5 Å². The molecule has 1 aromatic heterocycles. The number of aromatic nitrogens is 2. The van der Waals surface area contributed by atoms with Crippen molar-refractivity contribution in [3.05, 3.63) is 70.3 Å². The van der Waals surface area contributed by atoms with Crippen molar-refractivity contribution in [3.63, 3.8) is 0 Å². The minimum Gasteiger partial charge on any atom is -0.491 e. The minimum atomic E-state index is -0.125. The first-order chi connectivity index (χ1) is 15.1. The molecule has 3 aromatic rings. The first-order valence-electron chi connectivity index (χ1n) is 10.6. The smallest absolute Gasteiger partial charge is 0.261 e. The normalized spacial score (nSPS) is 15.8. The third kappa shape index (κ3) is 5.30. The fraction of sp³-hybridized carbons (Fsp3) is 0.375. The number of benzene rings is 2. The van der Waals surface area contributed by atoms with E-state index in [0.29, 0.717) is 24.1 Å². The summed E-state index contributed by atoms with van der Waals surface area (Å²) in [6.45, 7) is 4.03. The van der Waals surface area contributed by atoms with Crippen molar-refractivity contribution in [2.45, 2.75) is 45.4 Å². The van der Waals surface area contributed by atoms with Crippen LogP contribution in [0.15, 0.2) is 53.6 Å². The Balaban J connectivity index is 1.25. The monoisotopic (exact) mass is 421 g/mol. The fourth-order valence-electron chi connectivity index (χ4n) is 3.68. The standard InChI is InChI=1S/C24H27N3O4/c1-17-4-2-6-21-23(17)26-16-27(24(21)29)12-11-22(28)25-14-18-7-9-19(10-8-18)31-15-20-5-3-13-30-20/h2,4,6-10,16,20H,3,5,11-15H2,1H3,(H,25,28)/t20-/m0/s1. The number of amides is 1. The largest absolute Gasteiger partial charge is 0.491 e. The van der Waals surface area contributed by atoms with E-state index in [9.17, 15) is 9.59 Å². The van der Waals surface area contributed by atoms with E-state index in [1.54, 1.807) is 6.07 Å². The van der Waals surface area contributed by atoms with Crippen molar-refractivity contribution in [1.29, 1.82) is 0 Å². The molecule has 0 unspecified atom stereocenters. The van der Waals surface area contributed by atoms with Gasteiger partial charge in [-0.1, -0.05) is 24.3 Å². The first-order valence-corrected chi connectivity index (χ1v) is 10.6. The van der Waals surface area contributed by atoms with E-state index in [4.69, 9.17) is 9.47 Å². The second-order valence-electron chi connectivity index (χ2n) is 7.83. The lowest BCUT2D eigenvalue weighted by atomic mass is 10.1. The van der Waals surface area contributed by atoms with E-state index in [2.05, 4.69) is 10.3 Å². The Morgan fingerprint density at radius 2 is 2.10 bits per heavy atom. The zero-order valence-electron chi connectivity index (χ0n) is 17.7. The van der Waals surface area contributed by atoms with Crippen molar-refractivity contribution in [1.82, 2.24) is 14.9 Å². The number of hydrogen-bond acceptors (Lipinski definition) is 5. The predicted molar refractivity (Wildman–Crippen MR) is 118 cm³/mol. The van der Waals surface area contributed by atoms with Gasteiger partial charge in [0.05, 0.1) is 23.3 Å². The molecule has 1 atom stereocenters. The zero-order chi connectivity index (χ0) is 21.6. The quantitative estimate of drug-likeness (QED) is 0.605. The van der Waals surface area contributed by atoms with Crippen molar-refractivity contribution < 1.29 is 14.3 Å². The maximum atomic E-state index is 12.6. The molecule has 2 aromatic carbocycles. The van der Waals surface area contributed by atoms with E-state index in [1.165, 1.54) is 10.9 Å². The number of nitrogens with zero attached hydrogens (tertiary/aromatic N) is 2. The summed E-state index contributed by atoms with van der Waals surface area (Å²) in [5.41, 5.74) is 2.53. The molecule has 4 rings (SSSR count). The van der Waals surface area contributed by atoms with Gasteiger partial charge in [-0.15, -0.1) is 0 Å². The Hall–Kier alpha value is -3.19. The van der Waals surface area contributed by atoms with E-state index >= 15 is 0 Å². The van der Waals surface area contributed by atoms with Crippen LogP contribution in [0.1, 0.15) is 30.4 Å². The molecule has 0 bridgehead atoms. The highest BCUT2D eigenvalue weighted by Crippen LogP contribution is 2.16. The van der Waals surface area contributed by atoms with Gasteiger partial charge in [-0.3, -0.25) is 14.2 Å². The SMILES string of the molecule is Cc1cccc2c(=O)n(CCC(=O)NCc3ccc(OC[C@@H]4CCCO4)cc3)cnc12. The van der Waals surface area contributed by atoms with Crippen LogP contribution in [0.4, 0.5) is 0 Å². The average Bonchev–Trinajstić information content (AvgIpc) is 3.31. The van der Waals surface area contributed by atoms with E-state index in [1.807, 2.05) is 43.3 Å². The molecule has 0 spiro atoms. The van der Waals surface area contributed by atoms with Crippen LogP contribution in [0.2, 0.25) is 0 Å². The lowest BCUT2D eigenvalue weighted by Crippen LogP contribution is -2.27. The lowest BCUT2D eigenvalue weighted by Gasteiger charge is -2.12. The van der Waals surface area contributed by atoms with Crippen LogP contribution in [0.5, 0.6) is 5.75 Å². The maximum absolute atomic E-state index is 12.6. The summed E-state index contributed by atoms with van der Waals surface area (Å²) in [6.07, 6.45) is 4.05. The predicted octanol–water partition coefficient (Wildman–Crippen LogP) is 2.97. The molecule has 2 heterocycles. The zero-order valence-corrected chi connectivity index (χ0v) is 17.7. The molecule has 1 saturated heterocycles. The first kappa shape index (κ1) is 21.1. The summed E-state index contributed by atoms with van der Waals surface area (Å²) in [5.74, 6) is 0.680. The van der Waals surface area contributed by atoms with Gasteiger partial charge in [0.15, 0.2) is 0 Å². The summed E-state index contributed by atoms with van der Waals surface area (Å²) >= 11 is 0. The minimum absolute atomic E-state index is 0.116. The van der Waals surface area contributed by atoms with Crippen LogP contribution in [-0.4, -0.2) is 34.8 Å². The van der Waals surface area contributed by atoms with Gasteiger partial charge in [0, 0.05) is 26.1 Å². The molecular formula is C24H27N3O4. The highest BCUT2D eigenvalue weighted by atomic mass is 16.5. The van der Waals surface area contributed by atoms with Crippen LogP contribution in [0.25, 0.3) is 10.9 Å². The summed E-state index contributed by atoms with van der Waals surface area (Å²) in [7, 11) is 0. The Bertz CT molecular complexity index is 1100. The third-order valence-corrected chi connectivity index (χ3v) is 5.51. The van der Waals surface area contributed by atoms with Gasteiger partial charge in [0.2, 0.25) is 5.91 Å². The highest BCUT2D eigenvalue weighted by Gasteiger charge is 2.16. The molecule has 0 aliphatic carbocycles. The molecular weight excluding hydrogens is 394 g/mol. The number of nitrogens with one attached hydrogen (secondary N) is 1. The van der Waals surface area contributed by atoms with Gasteiger partial charge in [-0.2, -0.15) is 0 Å². The number of fused-ring (bicyclic) bond motifs is 1.